The van der Waals surface area contributed by atoms with Crippen molar-refractivity contribution in [1.82, 2.24) is 9.88 Å². The summed E-state index contributed by atoms with van der Waals surface area (Å²) in [6.07, 6.45) is 1.43. The minimum Gasteiger partial charge on any atom is -0.497 e. The number of ether oxygens (including phenoxy) is 1. The molecule has 0 saturated carbocycles. The standard InChI is InChI=1S/C23H26N2O4S/c1-25(17-13-14-30(27,28)15-17)22(26)12-11-20-19-5-3-4-6-21(19)24-23(20)16-7-9-18(29-2)10-8-16/h3-10,17,24H,11-15H2,1-2H3. The monoisotopic (exact) mass is 426 g/mol. The molecule has 0 spiro atoms. The first-order valence-electron chi connectivity index (χ1n) is 10.1. The number of sulfone groups is 1. The van der Waals surface area contributed by atoms with Crippen LogP contribution in [0.1, 0.15) is 18.4 Å². The molecule has 0 radical (unpaired) electrons. The zero-order valence-corrected chi connectivity index (χ0v) is 18.0. The third-order valence-corrected chi connectivity index (χ3v) is 7.68. The molecule has 1 unspecified atom stereocenters. The van der Waals surface area contributed by atoms with Crippen molar-refractivity contribution in [3.05, 3.63) is 54.1 Å². The topological polar surface area (TPSA) is 79.5 Å². The van der Waals surface area contributed by atoms with E-state index in [4.69, 9.17) is 4.74 Å². The van der Waals surface area contributed by atoms with Gasteiger partial charge in [0.1, 0.15) is 5.75 Å². The number of aromatic amines is 1. The summed E-state index contributed by atoms with van der Waals surface area (Å²) >= 11 is 0. The van der Waals surface area contributed by atoms with Crippen LogP contribution in [0.4, 0.5) is 0 Å². The maximum absolute atomic E-state index is 12.8. The Kier molecular flexibility index (Phi) is 5.56. The van der Waals surface area contributed by atoms with Crippen molar-refractivity contribution >= 4 is 26.6 Å². The molecule has 4 rings (SSSR count). The fourth-order valence-electron chi connectivity index (χ4n) is 4.16. The van der Waals surface area contributed by atoms with E-state index < -0.39 is 9.84 Å². The number of aromatic nitrogens is 1. The summed E-state index contributed by atoms with van der Waals surface area (Å²) < 4.78 is 28.8. The Balaban J connectivity index is 1.58. The molecule has 6 nitrogen and oxygen atoms in total. The lowest BCUT2D eigenvalue weighted by atomic mass is 10.0. The second-order valence-corrected chi connectivity index (χ2v) is 10.0. The Morgan fingerprint density at radius 1 is 1.17 bits per heavy atom. The number of nitrogens with zero attached hydrogens (tertiary/aromatic N) is 1. The van der Waals surface area contributed by atoms with E-state index in [-0.39, 0.29) is 23.5 Å². The van der Waals surface area contributed by atoms with E-state index in [0.29, 0.717) is 19.3 Å². The van der Waals surface area contributed by atoms with Gasteiger partial charge in [0, 0.05) is 36.1 Å². The molecule has 158 valence electrons. The van der Waals surface area contributed by atoms with Gasteiger partial charge in [-0.3, -0.25) is 4.79 Å². The highest BCUT2D eigenvalue weighted by molar-refractivity contribution is 7.91. The fraction of sp³-hybridized carbons (Fsp3) is 0.348. The molecule has 7 heteroatoms. The number of hydrogen-bond donors (Lipinski definition) is 1. The predicted octanol–water partition coefficient (Wildman–Crippen LogP) is 3.42. The molecule has 0 aliphatic carbocycles. The zero-order chi connectivity index (χ0) is 21.3. The van der Waals surface area contributed by atoms with E-state index >= 15 is 0 Å². The number of benzene rings is 2. The molecule has 1 aromatic heterocycles. The van der Waals surface area contributed by atoms with Crippen LogP contribution in [-0.4, -0.2) is 55.9 Å². The summed E-state index contributed by atoms with van der Waals surface area (Å²) in [6, 6.07) is 15.7. The summed E-state index contributed by atoms with van der Waals surface area (Å²) in [5, 5.41) is 1.10. The molecular formula is C23H26N2O4S. The summed E-state index contributed by atoms with van der Waals surface area (Å²) in [5.41, 5.74) is 4.15. The van der Waals surface area contributed by atoms with Crippen LogP contribution in [0.2, 0.25) is 0 Å². The van der Waals surface area contributed by atoms with Crippen molar-refractivity contribution in [2.24, 2.45) is 0 Å². The largest absolute Gasteiger partial charge is 0.497 e. The minimum atomic E-state index is -3.02. The first-order valence-corrected chi connectivity index (χ1v) is 11.9. The maximum Gasteiger partial charge on any atom is 0.222 e. The Morgan fingerprint density at radius 2 is 1.90 bits per heavy atom. The second kappa shape index (κ2) is 8.14. The van der Waals surface area contributed by atoms with Gasteiger partial charge >= 0.3 is 0 Å². The van der Waals surface area contributed by atoms with Gasteiger partial charge in [-0.1, -0.05) is 18.2 Å². The minimum absolute atomic E-state index is 0.0249. The van der Waals surface area contributed by atoms with Crippen molar-refractivity contribution in [2.75, 3.05) is 25.7 Å². The Bertz CT molecular complexity index is 1170. The number of nitrogens with one attached hydrogen (secondary N) is 1. The molecule has 2 aromatic carbocycles. The van der Waals surface area contributed by atoms with Crippen molar-refractivity contribution in [2.45, 2.75) is 25.3 Å². The maximum atomic E-state index is 12.8. The van der Waals surface area contributed by atoms with Gasteiger partial charge < -0.3 is 14.6 Å². The van der Waals surface area contributed by atoms with Crippen LogP contribution < -0.4 is 4.74 Å². The molecular weight excluding hydrogens is 400 g/mol. The molecule has 0 bridgehead atoms. The number of methoxy groups -OCH3 is 1. The zero-order valence-electron chi connectivity index (χ0n) is 17.2. The molecule has 1 amide bonds. The lowest BCUT2D eigenvalue weighted by Gasteiger charge is -2.23. The van der Waals surface area contributed by atoms with Crippen molar-refractivity contribution < 1.29 is 17.9 Å². The third-order valence-electron chi connectivity index (χ3n) is 5.93. The van der Waals surface area contributed by atoms with Gasteiger partial charge in [-0.25, -0.2) is 8.42 Å². The SMILES string of the molecule is COc1ccc(-c2[nH]c3ccccc3c2CCC(=O)N(C)C2CCS(=O)(=O)C2)cc1. The molecule has 1 fully saturated rings. The number of fused-ring (bicyclic) bond motifs is 1. The molecule has 1 aliphatic heterocycles. The Labute approximate surface area is 176 Å². The van der Waals surface area contributed by atoms with E-state index in [1.54, 1.807) is 19.1 Å². The van der Waals surface area contributed by atoms with Crippen LogP contribution in [0.3, 0.4) is 0 Å². The number of H-pyrrole nitrogens is 1. The summed E-state index contributed by atoms with van der Waals surface area (Å²) in [4.78, 5) is 17.9. The van der Waals surface area contributed by atoms with Gasteiger partial charge in [-0.05, 0) is 54.3 Å². The van der Waals surface area contributed by atoms with Crippen LogP contribution in [0, 0.1) is 0 Å². The predicted molar refractivity (Wildman–Crippen MR) is 118 cm³/mol. The van der Waals surface area contributed by atoms with E-state index in [0.717, 1.165) is 33.5 Å². The number of para-hydroxylation sites is 1. The summed E-state index contributed by atoms with van der Waals surface area (Å²) in [5.74, 6) is 1.00. The van der Waals surface area contributed by atoms with Crippen LogP contribution in [0.5, 0.6) is 5.75 Å². The molecule has 3 aromatic rings. The third kappa shape index (κ3) is 4.07. The smallest absolute Gasteiger partial charge is 0.222 e. The molecule has 1 atom stereocenters. The van der Waals surface area contributed by atoms with Gasteiger partial charge in [0.15, 0.2) is 9.84 Å². The Morgan fingerprint density at radius 3 is 2.57 bits per heavy atom. The summed E-state index contributed by atoms with van der Waals surface area (Å²) in [7, 11) is 0.337. The average molecular weight is 427 g/mol. The van der Waals surface area contributed by atoms with E-state index in [9.17, 15) is 13.2 Å². The highest BCUT2D eigenvalue weighted by Gasteiger charge is 2.32. The number of hydrogen-bond acceptors (Lipinski definition) is 4. The molecule has 1 aliphatic rings. The molecule has 2 heterocycles. The number of carbonyl (C=O) groups excluding carboxylic acids is 1. The quantitative estimate of drug-likeness (QED) is 0.655. The second-order valence-electron chi connectivity index (χ2n) is 7.81. The van der Waals surface area contributed by atoms with Gasteiger partial charge in [-0.15, -0.1) is 0 Å². The van der Waals surface area contributed by atoms with E-state index in [1.807, 2.05) is 42.5 Å². The number of rotatable bonds is 6. The number of carbonyl (C=O) groups is 1. The van der Waals surface area contributed by atoms with Crippen molar-refractivity contribution in [3.63, 3.8) is 0 Å². The molecule has 1 N–H and O–H groups in total. The Hall–Kier alpha value is -2.80. The normalized spacial score (nSPS) is 17.9. The van der Waals surface area contributed by atoms with Crippen LogP contribution >= 0.6 is 0 Å². The van der Waals surface area contributed by atoms with Gasteiger partial charge in [0.2, 0.25) is 5.91 Å². The lowest BCUT2D eigenvalue weighted by molar-refractivity contribution is -0.131. The van der Waals surface area contributed by atoms with E-state index in [2.05, 4.69) is 11.1 Å². The number of aryl methyl sites for hydroxylation is 1. The van der Waals surface area contributed by atoms with Crippen molar-refractivity contribution in [3.8, 4) is 17.0 Å². The highest BCUT2D eigenvalue weighted by Crippen LogP contribution is 2.32. The van der Waals surface area contributed by atoms with E-state index in [1.165, 1.54) is 0 Å². The fourth-order valence-corrected chi connectivity index (χ4v) is 5.93. The first kappa shape index (κ1) is 20.5. The molecule has 30 heavy (non-hydrogen) atoms. The van der Waals surface area contributed by atoms with Gasteiger partial charge in [-0.2, -0.15) is 0 Å². The van der Waals surface area contributed by atoms with Crippen LogP contribution in [0.25, 0.3) is 22.2 Å². The van der Waals surface area contributed by atoms with Crippen LogP contribution in [-0.2, 0) is 21.1 Å². The lowest BCUT2D eigenvalue weighted by Crippen LogP contribution is -2.37. The van der Waals surface area contributed by atoms with Gasteiger partial charge in [0.25, 0.3) is 0 Å². The van der Waals surface area contributed by atoms with Crippen molar-refractivity contribution in [1.29, 1.82) is 0 Å². The molecule has 1 saturated heterocycles. The average Bonchev–Trinajstić information content (AvgIpc) is 3.31. The first-order chi connectivity index (χ1) is 14.4. The highest BCUT2D eigenvalue weighted by atomic mass is 32.2. The summed E-state index contributed by atoms with van der Waals surface area (Å²) in [6.45, 7) is 0. The van der Waals surface area contributed by atoms with Crippen LogP contribution in [0.15, 0.2) is 48.5 Å². The number of amides is 1. The van der Waals surface area contributed by atoms with Gasteiger partial charge in [0.05, 0.1) is 18.6 Å².